The van der Waals surface area contributed by atoms with Crippen molar-refractivity contribution in [3.8, 4) is 0 Å². The molecule has 0 aliphatic carbocycles. The summed E-state index contributed by atoms with van der Waals surface area (Å²) in [6.07, 6.45) is -2.33. The Bertz CT molecular complexity index is 411. The molecule has 0 radical (unpaired) electrons. The fourth-order valence-electron chi connectivity index (χ4n) is 1.87. The van der Waals surface area contributed by atoms with Crippen LogP contribution in [0.2, 0.25) is 0 Å². The maximum absolute atomic E-state index is 12.4. The summed E-state index contributed by atoms with van der Waals surface area (Å²) in [7, 11) is 0. The van der Waals surface area contributed by atoms with Crippen LogP contribution in [-0.4, -0.2) is 29.2 Å². The molecule has 1 fully saturated rings. The molecule has 1 N–H and O–H groups in total. The van der Waals surface area contributed by atoms with Crippen molar-refractivity contribution in [1.29, 1.82) is 0 Å². The first-order valence-electron chi connectivity index (χ1n) is 5.72. The van der Waals surface area contributed by atoms with E-state index in [0.29, 0.717) is 13.2 Å². The first kappa shape index (κ1) is 13.1. The third kappa shape index (κ3) is 3.10. The van der Waals surface area contributed by atoms with E-state index in [1.54, 1.807) is 0 Å². The molecule has 0 amide bonds. The normalized spacial score (nSPS) is 24.2. The third-order valence-electron chi connectivity index (χ3n) is 3.00. The molecule has 2 rings (SSSR count). The predicted molar refractivity (Wildman–Crippen MR) is 59.0 cm³/mol. The van der Waals surface area contributed by atoms with Gasteiger partial charge in [-0.3, -0.25) is 0 Å². The SMILES string of the molecule is CC1OCCC1CNc1nccc(C(F)(F)F)n1. The Hall–Kier alpha value is -1.37. The van der Waals surface area contributed by atoms with E-state index in [0.717, 1.165) is 18.7 Å². The summed E-state index contributed by atoms with van der Waals surface area (Å²) in [5.41, 5.74) is -0.935. The molecule has 2 unspecified atom stereocenters. The molecule has 0 aromatic carbocycles. The van der Waals surface area contributed by atoms with Crippen molar-refractivity contribution in [1.82, 2.24) is 9.97 Å². The zero-order chi connectivity index (χ0) is 13.2. The average molecular weight is 261 g/mol. The topological polar surface area (TPSA) is 47.0 Å². The second kappa shape index (κ2) is 5.09. The van der Waals surface area contributed by atoms with E-state index in [-0.39, 0.29) is 18.0 Å². The number of alkyl halides is 3. The second-order valence-corrected chi connectivity index (χ2v) is 4.27. The zero-order valence-corrected chi connectivity index (χ0v) is 9.87. The van der Waals surface area contributed by atoms with Crippen LogP contribution in [0.3, 0.4) is 0 Å². The van der Waals surface area contributed by atoms with E-state index in [1.807, 2.05) is 6.92 Å². The first-order chi connectivity index (χ1) is 8.47. The van der Waals surface area contributed by atoms with Crippen LogP contribution >= 0.6 is 0 Å². The molecule has 2 heterocycles. The maximum atomic E-state index is 12.4. The monoisotopic (exact) mass is 261 g/mol. The Balaban J connectivity index is 1.97. The van der Waals surface area contributed by atoms with Gasteiger partial charge >= 0.3 is 6.18 Å². The molecular formula is C11H14F3N3O. The summed E-state index contributed by atoms with van der Waals surface area (Å²) in [5, 5.41) is 2.83. The average Bonchev–Trinajstić information content (AvgIpc) is 2.72. The highest BCUT2D eigenvalue weighted by Crippen LogP contribution is 2.27. The molecule has 18 heavy (non-hydrogen) atoms. The predicted octanol–water partition coefficient (Wildman–Crippen LogP) is 2.33. The van der Waals surface area contributed by atoms with Gasteiger partial charge < -0.3 is 10.1 Å². The largest absolute Gasteiger partial charge is 0.433 e. The summed E-state index contributed by atoms with van der Waals surface area (Å²) in [4.78, 5) is 7.22. The Morgan fingerprint density at radius 3 is 2.89 bits per heavy atom. The Morgan fingerprint density at radius 1 is 1.50 bits per heavy atom. The van der Waals surface area contributed by atoms with Crippen LogP contribution < -0.4 is 5.32 Å². The Morgan fingerprint density at radius 2 is 2.28 bits per heavy atom. The van der Waals surface area contributed by atoms with E-state index in [9.17, 15) is 13.2 Å². The van der Waals surface area contributed by atoms with Crippen molar-refractivity contribution in [2.45, 2.75) is 25.6 Å². The van der Waals surface area contributed by atoms with Crippen LogP contribution in [0, 0.1) is 5.92 Å². The summed E-state index contributed by atoms with van der Waals surface area (Å²) in [5.74, 6) is 0.284. The van der Waals surface area contributed by atoms with Crippen molar-refractivity contribution in [2.75, 3.05) is 18.5 Å². The minimum Gasteiger partial charge on any atom is -0.378 e. The zero-order valence-electron chi connectivity index (χ0n) is 9.87. The minimum absolute atomic E-state index is 0.00363. The van der Waals surface area contributed by atoms with E-state index in [4.69, 9.17) is 4.74 Å². The molecule has 1 aliphatic heterocycles. The number of hydrogen-bond donors (Lipinski definition) is 1. The van der Waals surface area contributed by atoms with Gasteiger partial charge in [-0.25, -0.2) is 9.97 Å². The van der Waals surface area contributed by atoms with Crippen LogP contribution in [0.1, 0.15) is 19.0 Å². The molecule has 0 bridgehead atoms. The lowest BCUT2D eigenvalue weighted by molar-refractivity contribution is -0.141. The Kier molecular flexibility index (Phi) is 3.70. The minimum atomic E-state index is -4.44. The number of halogens is 3. The molecule has 0 spiro atoms. The van der Waals surface area contributed by atoms with Gasteiger partial charge in [0.2, 0.25) is 5.95 Å². The summed E-state index contributed by atoms with van der Waals surface area (Å²) >= 11 is 0. The quantitative estimate of drug-likeness (QED) is 0.907. The highest BCUT2D eigenvalue weighted by atomic mass is 19.4. The number of nitrogens with one attached hydrogen (secondary N) is 1. The van der Waals surface area contributed by atoms with Crippen molar-refractivity contribution in [2.24, 2.45) is 5.92 Å². The van der Waals surface area contributed by atoms with E-state index >= 15 is 0 Å². The highest BCUT2D eigenvalue weighted by Gasteiger charge is 2.33. The molecule has 0 saturated carbocycles. The molecule has 100 valence electrons. The fourth-order valence-corrected chi connectivity index (χ4v) is 1.87. The van der Waals surface area contributed by atoms with Crippen LogP contribution in [0.25, 0.3) is 0 Å². The van der Waals surface area contributed by atoms with Crippen molar-refractivity contribution in [3.63, 3.8) is 0 Å². The van der Waals surface area contributed by atoms with Crippen molar-refractivity contribution >= 4 is 5.95 Å². The van der Waals surface area contributed by atoms with Crippen molar-refractivity contribution < 1.29 is 17.9 Å². The molecule has 7 heteroatoms. The van der Waals surface area contributed by atoms with Gasteiger partial charge in [0.15, 0.2) is 0 Å². The molecule has 4 nitrogen and oxygen atoms in total. The smallest absolute Gasteiger partial charge is 0.378 e. The first-order valence-corrected chi connectivity index (χ1v) is 5.72. The molecule has 1 aliphatic rings. The van der Waals surface area contributed by atoms with Gasteiger partial charge in [0, 0.05) is 25.3 Å². The van der Waals surface area contributed by atoms with Gasteiger partial charge in [0.05, 0.1) is 6.10 Å². The van der Waals surface area contributed by atoms with Gasteiger partial charge in [-0.1, -0.05) is 0 Å². The lowest BCUT2D eigenvalue weighted by atomic mass is 10.0. The van der Waals surface area contributed by atoms with Crippen LogP contribution in [-0.2, 0) is 10.9 Å². The third-order valence-corrected chi connectivity index (χ3v) is 3.00. The second-order valence-electron chi connectivity index (χ2n) is 4.27. The summed E-state index contributed by atoms with van der Waals surface area (Å²) in [6, 6.07) is 0.854. The number of aromatic nitrogens is 2. The highest BCUT2D eigenvalue weighted by molar-refractivity contribution is 5.26. The van der Waals surface area contributed by atoms with Gasteiger partial charge in [-0.2, -0.15) is 13.2 Å². The van der Waals surface area contributed by atoms with Crippen LogP contribution in [0.4, 0.5) is 19.1 Å². The van der Waals surface area contributed by atoms with Crippen molar-refractivity contribution in [3.05, 3.63) is 18.0 Å². The number of rotatable bonds is 3. The number of hydrogen-bond acceptors (Lipinski definition) is 4. The number of nitrogens with zero attached hydrogens (tertiary/aromatic N) is 2. The lowest BCUT2D eigenvalue weighted by Crippen LogP contribution is -2.22. The van der Waals surface area contributed by atoms with E-state index in [1.165, 1.54) is 0 Å². The number of anilines is 1. The van der Waals surface area contributed by atoms with Gasteiger partial charge in [0.1, 0.15) is 5.69 Å². The Labute approximate surface area is 103 Å². The van der Waals surface area contributed by atoms with Crippen LogP contribution in [0.15, 0.2) is 12.3 Å². The lowest BCUT2D eigenvalue weighted by Gasteiger charge is -2.15. The molecule has 1 saturated heterocycles. The molecular weight excluding hydrogens is 247 g/mol. The number of ether oxygens (including phenoxy) is 1. The summed E-state index contributed by atoms with van der Waals surface area (Å²) in [6.45, 7) is 3.16. The molecule has 1 aromatic heterocycles. The van der Waals surface area contributed by atoms with Gasteiger partial charge in [0.25, 0.3) is 0 Å². The molecule has 2 atom stereocenters. The van der Waals surface area contributed by atoms with Gasteiger partial charge in [-0.05, 0) is 19.4 Å². The summed E-state index contributed by atoms with van der Waals surface area (Å²) < 4.78 is 42.7. The maximum Gasteiger partial charge on any atom is 0.433 e. The van der Waals surface area contributed by atoms with Crippen LogP contribution in [0.5, 0.6) is 0 Å². The molecule has 1 aromatic rings. The van der Waals surface area contributed by atoms with E-state index < -0.39 is 11.9 Å². The van der Waals surface area contributed by atoms with E-state index in [2.05, 4.69) is 15.3 Å². The standard InChI is InChI=1S/C11H14F3N3O/c1-7-8(3-5-18-7)6-16-10-15-4-2-9(17-10)11(12,13)14/h2,4,7-8H,3,5-6H2,1H3,(H,15,16,17). The van der Waals surface area contributed by atoms with Gasteiger partial charge in [-0.15, -0.1) is 0 Å². The fraction of sp³-hybridized carbons (Fsp3) is 0.636.